The van der Waals surface area contributed by atoms with Gasteiger partial charge >= 0.3 is 17.1 Å². The fraction of sp³-hybridized carbons (Fsp3) is 0.0833. The lowest BCUT2D eigenvalue weighted by Crippen LogP contribution is -2.43. The van der Waals surface area contributed by atoms with Gasteiger partial charge in [-0.3, -0.25) is 34.4 Å². The molecule has 4 aromatic heterocycles. The lowest BCUT2D eigenvalue weighted by Gasteiger charge is -2.09. The number of hydrogen-bond donors (Lipinski definition) is 5. The molecule has 0 saturated heterocycles. The molecule has 6 aromatic rings. The Morgan fingerprint density at radius 3 is 1.68 bits per heavy atom. The summed E-state index contributed by atoms with van der Waals surface area (Å²) in [5.74, 6) is -1.29. The van der Waals surface area contributed by atoms with Crippen LogP contribution in [0.1, 0.15) is 0 Å². The van der Waals surface area contributed by atoms with Crippen LogP contribution in [0, 0.1) is 26.0 Å². The molecule has 280 valence electrons. The molecule has 0 bridgehead atoms. The summed E-state index contributed by atoms with van der Waals surface area (Å²) in [6, 6.07) is 3.41. The van der Waals surface area contributed by atoms with Crippen molar-refractivity contribution in [3.05, 3.63) is 126 Å². The fourth-order valence-electron chi connectivity index (χ4n) is 4.13. The third kappa shape index (κ3) is 9.63. The van der Waals surface area contributed by atoms with Gasteiger partial charge in [0.25, 0.3) is 16.8 Å². The van der Waals surface area contributed by atoms with Crippen LogP contribution in [0.5, 0.6) is 0 Å². The maximum atomic E-state index is 13.5. The summed E-state index contributed by atoms with van der Waals surface area (Å²) in [7, 11) is -7.84. The van der Waals surface area contributed by atoms with Gasteiger partial charge < -0.3 is 15.0 Å². The van der Waals surface area contributed by atoms with E-state index in [0.717, 1.165) is 16.9 Å². The van der Waals surface area contributed by atoms with Crippen molar-refractivity contribution < 1.29 is 31.1 Å². The van der Waals surface area contributed by atoms with E-state index in [-0.39, 0.29) is 37.1 Å². The SMILES string of the molecule is Brc1cnc[nH]1.CS(=O)(=O)Nn1c(=O)[nH]c2cc([N+](=O)[O-])c(-n3cnc(Br)c3)cc2c1=O.CS(=O)(=O)Nn1c(=O)[nH]c2cc([N+](=O)[O-])c(F)cc2c1=O. The third-order valence-corrected chi connectivity index (χ3v) is 8.03. The number of halogens is 3. The Labute approximate surface area is 307 Å². The highest BCUT2D eigenvalue weighted by atomic mass is 79.9. The first kappa shape index (κ1) is 39.7. The minimum atomic E-state index is -3.93. The first-order valence-electron chi connectivity index (χ1n) is 13.5. The van der Waals surface area contributed by atoms with Crippen LogP contribution in [0.15, 0.2) is 77.7 Å². The second kappa shape index (κ2) is 15.3. The molecule has 0 amide bonds. The van der Waals surface area contributed by atoms with Gasteiger partial charge in [0.2, 0.25) is 25.9 Å². The van der Waals surface area contributed by atoms with E-state index in [1.54, 1.807) is 22.2 Å². The van der Waals surface area contributed by atoms with Gasteiger partial charge in [-0.05, 0) is 44.0 Å². The molecule has 0 fully saturated rings. The number of nitro benzene ring substituents is 2. The maximum absolute atomic E-state index is 13.5. The van der Waals surface area contributed by atoms with E-state index < -0.39 is 69.3 Å². The zero-order valence-corrected chi connectivity index (χ0v) is 30.9. The van der Waals surface area contributed by atoms with Gasteiger partial charge in [-0.15, -0.1) is 0 Å². The number of fused-ring (bicyclic) bond motifs is 2. The minimum Gasteiger partial charge on any atom is -0.339 e. The Kier molecular flexibility index (Phi) is 11.4. The molecular formula is C24H19Br2FN12O12S2. The summed E-state index contributed by atoms with van der Waals surface area (Å²) in [6.07, 6.45) is 7.52. The predicted octanol–water partition coefficient (Wildman–Crippen LogP) is 0.462. The third-order valence-electron chi connectivity index (χ3n) is 6.16. The maximum Gasteiger partial charge on any atom is 0.348 e. The van der Waals surface area contributed by atoms with E-state index in [1.165, 1.54) is 23.2 Å². The first-order valence-corrected chi connectivity index (χ1v) is 18.8. The van der Waals surface area contributed by atoms with Gasteiger partial charge in [-0.2, -0.15) is 13.7 Å². The van der Waals surface area contributed by atoms with Gasteiger partial charge in [0.05, 0.1) is 56.7 Å². The number of sulfonamides is 2. The Morgan fingerprint density at radius 1 is 0.811 bits per heavy atom. The van der Waals surface area contributed by atoms with Crippen molar-refractivity contribution in [3.8, 4) is 5.69 Å². The summed E-state index contributed by atoms with van der Waals surface area (Å²) >= 11 is 6.28. The summed E-state index contributed by atoms with van der Waals surface area (Å²) in [5.41, 5.74) is -6.09. The van der Waals surface area contributed by atoms with Crippen molar-refractivity contribution in [2.75, 3.05) is 22.2 Å². The quantitative estimate of drug-likeness (QED) is 0.107. The average Bonchev–Trinajstić information content (AvgIpc) is 3.71. The number of rotatable bonds is 7. The van der Waals surface area contributed by atoms with Crippen molar-refractivity contribution in [2.45, 2.75) is 0 Å². The number of hydrogen-bond acceptors (Lipinski definition) is 14. The molecule has 0 unspecified atom stereocenters. The number of nitrogens with zero attached hydrogens (tertiary/aromatic N) is 7. The number of aromatic nitrogens is 8. The molecule has 0 aliphatic heterocycles. The largest absolute Gasteiger partial charge is 0.348 e. The van der Waals surface area contributed by atoms with Gasteiger partial charge in [-0.25, -0.2) is 46.1 Å². The van der Waals surface area contributed by atoms with Gasteiger partial charge in [-0.1, -0.05) is 0 Å². The Balaban J connectivity index is 0.000000207. The molecule has 0 radical (unpaired) electrons. The molecular weight excluding hydrogens is 891 g/mol. The van der Waals surface area contributed by atoms with Crippen molar-refractivity contribution in [1.82, 2.24) is 38.8 Å². The Hall–Kier alpha value is -6.07. The molecule has 29 heteroatoms. The topological polar surface area (TPSA) is 335 Å². The summed E-state index contributed by atoms with van der Waals surface area (Å²) in [5, 5.41) is 21.4. The summed E-state index contributed by atoms with van der Waals surface area (Å²) in [6.45, 7) is 0. The van der Waals surface area contributed by atoms with Crippen LogP contribution < -0.4 is 32.2 Å². The van der Waals surface area contributed by atoms with E-state index in [2.05, 4.69) is 56.8 Å². The lowest BCUT2D eigenvalue weighted by atomic mass is 10.2. The molecule has 2 aromatic carbocycles. The Morgan fingerprint density at radius 2 is 1.30 bits per heavy atom. The Bertz CT molecular complexity index is 2890. The van der Waals surface area contributed by atoms with E-state index in [1.807, 2.05) is 0 Å². The molecule has 5 N–H and O–H groups in total. The van der Waals surface area contributed by atoms with E-state index in [4.69, 9.17) is 0 Å². The fourth-order valence-corrected chi connectivity index (χ4v) is 5.65. The normalized spacial score (nSPS) is 11.3. The average molecular weight is 910 g/mol. The van der Waals surface area contributed by atoms with Crippen molar-refractivity contribution in [3.63, 3.8) is 0 Å². The van der Waals surface area contributed by atoms with Crippen molar-refractivity contribution >= 4 is 85.1 Å². The van der Waals surface area contributed by atoms with E-state index in [9.17, 15) is 60.6 Å². The highest BCUT2D eigenvalue weighted by molar-refractivity contribution is 9.10. The zero-order valence-electron chi connectivity index (χ0n) is 26.1. The molecule has 24 nitrogen and oxygen atoms in total. The summed E-state index contributed by atoms with van der Waals surface area (Å²) in [4.78, 5) is 86.4. The monoisotopic (exact) mass is 908 g/mol. The van der Waals surface area contributed by atoms with E-state index in [0.29, 0.717) is 23.0 Å². The smallest absolute Gasteiger partial charge is 0.339 e. The van der Waals surface area contributed by atoms with E-state index >= 15 is 0 Å². The number of imidazole rings is 2. The lowest BCUT2D eigenvalue weighted by molar-refractivity contribution is -0.387. The second-order valence-corrected chi connectivity index (χ2v) is 15.2. The number of H-pyrrole nitrogens is 3. The van der Waals surface area contributed by atoms with Crippen molar-refractivity contribution in [2.24, 2.45) is 0 Å². The van der Waals surface area contributed by atoms with Crippen LogP contribution in [-0.2, 0) is 20.0 Å². The van der Waals surface area contributed by atoms with Gasteiger partial charge in [0, 0.05) is 18.3 Å². The number of nitro groups is 2. The second-order valence-electron chi connectivity index (χ2n) is 10.1. The molecule has 0 aliphatic carbocycles. The van der Waals surface area contributed by atoms with Crippen molar-refractivity contribution in [1.29, 1.82) is 0 Å². The molecule has 53 heavy (non-hydrogen) atoms. The van der Waals surface area contributed by atoms with Gasteiger partial charge in [0.1, 0.15) is 21.2 Å². The first-order chi connectivity index (χ1) is 24.6. The highest BCUT2D eigenvalue weighted by Gasteiger charge is 2.22. The van der Waals surface area contributed by atoms with Crippen LogP contribution in [0.25, 0.3) is 27.5 Å². The predicted molar refractivity (Wildman–Crippen MR) is 190 cm³/mol. The molecule has 0 spiro atoms. The molecule has 0 aliphatic rings. The van der Waals surface area contributed by atoms with Crippen LogP contribution in [0.3, 0.4) is 0 Å². The van der Waals surface area contributed by atoms with Gasteiger partial charge in [0.15, 0.2) is 0 Å². The zero-order chi connectivity index (χ0) is 39.6. The standard InChI is InChI=1S/C12H9BrN6O6S.C9H7FN4O6S.C3H3BrN2/c1-26(24,25)16-18-11(20)6-2-8(17-4-10(13)14-5-17)9(19(22)23)3-7(6)15-12(18)21;1-21(19,20)12-13-8(15)4-2-5(10)7(14(17)18)3-6(4)11-9(13)16;4-3-1-5-2-6-3/h2-5,16H,1H3,(H,15,21);2-3,12H,1H3,(H,11,16);1-2H,(H,5,6). The molecule has 4 heterocycles. The number of benzene rings is 2. The molecule has 6 rings (SSSR count). The van der Waals surface area contributed by atoms with Crippen LogP contribution in [0.4, 0.5) is 15.8 Å². The van der Waals surface area contributed by atoms with Crippen LogP contribution >= 0.6 is 31.9 Å². The van der Waals surface area contributed by atoms with Crippen LogP contribution in [-0.4, -0.2) is 78.0 Å². The highest BCUT2D eigenvalue weighted by Crippen LogP contribution is 2.27. The summed E-state index contributed by atoms with van der Waals surface area (Å²) < 4.78 is 61.4. The van der Waals surface area contributed by atoms with Crippen LogP contribution in [0.2, 0.25) is 0 Å². The minimum absolute atomic E-state index is 0.00996. The molecule has 0 saturated carbocycles. The number of aromatic amines is 3. The molecule has 0 atom stereocenters. The number of nitrogens with one attached hydrogen (secondary N) is 5.